The smallest absolute Gasteiger partial charge is 0.296 e. The third-order valence-corrected chi connectivity index (χ3v) is 8.81. The number of phenolic OH excluding ortho intramolecular Hbond substituents is 1. The van der Waals surface area contributed by atoms with E-state index in [-0.39, 0.29) is 17.0 Å². The Bertz CT molecular complexity index is 2090. The van der Waals surface area contributed by atoms with Gasteiger partial charge in [-0.1, -0.05) is 38.1 Å². The number of phenols is 1. The maximum atomic E-state index is 12.0. The largest absolute Gasteiger partial charge is 0.505 e. The second kappa shape index (κ2) is 11.0. The number of hydrogen-bond donors (Lipinski definition) is 7. The molecule has 0 fully saturated rings. The maximum absolute atomic E-state index is 12.0. The van der Waals surface area contributed by atoms with E-state index in [2.05, 4.69) is 16.0 Å². The molecule has 0 saturated carbocycles. The molecule has 0 aliphatic carbocycles. The van der Waals surface area contributed by atoms with E-state index in [1.165, 1.54) is 12.1 Å². The number of aliphatic hydroxyl groups excluding tert-OH is 1. The van der Waals surface area contributed by atoms with Crippen LogP contribution >= 0.6 is 0 Å². The fourth-order valence-corrected chi connectivity index (χ4v) is 6.38. The number of pyridine rings is 1. The van der Waals surface area contributed by atoms with Crippen LogP contribution < -0.4 is 16.6 Å². The zero-order valence-corrected chi connectivity index (χ0v) is 24.6. The normalized spacial score (nSPS) is 13.1. The summed E-state index contributed by atoms with van der Waals surface area (Å²) in [7, 11) is -9.98. The van der Waals surface area contributed by atoms with Crippen molar-refractivity contribution in [1.82, 2.24) is 9.61 Å². The van der Waals surface area contributed by atoms with Crippen molar-refractivity contribution in [2.24, 2.45) is 5.92 Å². The second-order valence-electron chi connectivity index (χ2n) is 10.3. The molecule has 0 saturated heterocycles. The molecule has 8 N–H and O–H groups in total. The third kappa shape index (κ3) is 5.80. The zero-order chi connectivity index (χ0) is 31.3. The molecule has 15 heteroatoms. The lowest BCUT2D eigenvalue weighted by atomic mass is 9.95. The van der Waals surface area contributed by atoms with E-state index in [0.29, 0.717) is 23.9 Å². The van der Waals surface area contributed by atoms with Crippen LogP contribution in [0.15, 0.2) is 76.7 Å². The van der Waals surface area contributed by atoms with Gasteiger partial charge in [-0.05, 0) is 47.9 Å². The van der Waals surface area contributed by atoms with Crippen LogP contribution in [0.4, 0.5) is 17.1 Å². The van der Waals surface area contributed by atoms with Crippen molar-refractivity contribution in [2.45, 2.75) is 36.2 Å². The first kappa shape index (κ1) is 30.1. The highest BCUT2D eigenvalue weighted by atomic mass is 32.2. The van der Waals surface area contributed by atoms with Gasteiger partial charge in [0.05, 0.1) is 39.8 Å². The second-order valence-corrected chi connectivity index (χ2v) is 13.1. The Balaban J connectivity index is 1.47. The third-order valence-electron chi connectivity index (χ3n) is 7.02. The molecule has 0 spiro atoms. The SMILES string of the molecule is CC(C)C(O)c1c(Cc2cccc(NNc3ccc4c(S(=O)(=O)O)cc(S(=O)(=O)O)c(N)c4c3O)c2)nn2ccccc12. The van der Waals surface area contributed by atoms with Gasteiger partial charge in [0.2, 0.25) is 0 Å². The van der Waals surface area contributed by atoms with E-state index < -0.39 is 53.0 Å². The monoisotopic (exact) mass is 627 g/mol. The van der Waals surface area contributed by atoms with E-state index in [1.54, 1.807) is 16.6 Å². The van der Waals surface area contributed by atoms with Gasteiger partial charge in [-0.25, -0.2) is 4.52 Å². The number of aliphatic hydroxyl groups is 1. The zero-order valence-electron chi connectivity index (χ0n) is 22.9. The van der Waals surface area contributed by atoms with Crippen molar-refractivity contribution >= 4 is 53.6 Å². The molecule has 1 atom stereocenters. The van der Waals surface area contributed by atoms with Crippen LogP contribution in [-0.2, 0) is 26.7 Å². The van der Waals surface area contributed by atoms with Crippen molar-refractivity contribution in [3.8, 4) is 5.75 Å². The van der Waals surface area contributed by atoms with Gasteiger partial charge in [0.15, 0.2) is 0 Å². The number of nitrogen functional groups attached to an aromatic ring is 1. The molecule has 0 amide bonds. The van der Waals surface area contributed by atoms with Crippen LogP contribution in [0.2, 0.25) is 0 Å². The Kier molecular flexibility index (Phi) is 7.70. The summed E-state index contributed by atoms with van der Waals surface area (Å²) in [6, 6.07) is 15.9. The van der Waals surface area contributed by atoms with Gasteiger partial charge in [0.1, 0.15) is 15.5 Å². The van der Waals surface area contributed by atoms with Gasteiger partial charge < -0.3 is 21.4 Å². The van der Waals surface area contributed by atoms with Gasteiger partial charge in [-0.15, -0.1) is 0 Å². The van der Waals surface area contributed by atoms with E-state index >= 15 is 0 Å². The van der Waals surface area contributed by atoms with Crippen molar-refractivity contribution < 1.29 is 36.2 Å². The fourth-order valence-electron chi connectivity index (χ4n) is 4.94. The standard InChI is InChI=1S/C28H29N5O8S2/c1-15(2)27(34)25-20(32-33-11-4-3-8-21(25)33)13-16-6-5-7-17(12-16)30-31-19-10-9-18-22(42(36,37)38)14-23(43(39,40)41)26(29)24(18)28(19)35/h3-12,14-15,27,30-31,34-35H,13,29H2,1-2H3,(H,36,37,38)(H,39,40,41). The van der Waals surface area contributed by atoms with Crippen LogP contribution in [0.5, 0.6) is 5.75 Å². The first-order chi connectivity index (χ1) is 20.2. The van der Waals surface area contributed by atoms with Crippen LogP contribution in [-0.4, -0.2) is 45.8 Å². The minimum atomic E-state index is -5.02. The lowest BCUT2D eigenvalue weighted by Gasteiger charge is -2.17. The lowest BCUT2D eigenvalue weighted by Crippen LogP contribution is -2.11. The molecule has 0 aliphatic rings. The molecule has 3 aromatic carbocycles. The molecule has 0 bridgehead atoms. The summed E-state index contributed by atoms with van der Waals surface area (Å²) < 4.78 is 68.6. The molecule has 13 nitrogen and oxygen atoms in total. The highest BCUT2D eigenvalue weighted by Crippen LogP contribution is 2.42. The number of aromatic hydroxyl groups is 1. The molecule has 2 heterocycles. The number of aromatic nitrogens is 2. The Morgan fingerprint density at radius 3 is 2.33 bits per heavy atom. The van der Waals surface area contributed by atoms with E-state index in [0.717, 1.165) is 16.6 Å². The Labute approximate surface area is 247 Å². The summed E-state index contributed by atoms with van der Waals surface area (Å²) in [5, 5.41) is 25.9. The minimum Gasteiger partial charge on any atom is -0.505 e. The number of benzene rings is 3. The van der Waals surface area contributed by atoms with E-state index in [1.807, 2.05) is 50.4 Å². The Morgan fingerprint density at radius 1 is 0.930 bits per heavy atom. The van der Waals surface area contributed by atoms with Crippen LogP contribution in [0.3, 0.4) is 0 Å². The first-order valence-corrected chi connectivity index (χ1v) is 15.8. The number of nitrogens with zero attached hydrogens (tertiary/aromatic N) is 2. The molecule has 5 rings (SSSR count). The number of fused-ring (bicyclic) bond motifs is 2. The quantitative estimate of drug-likeness (QED) is 0.0534. The number of rotatable bonds is 9. The molecular formula is C28H29N5O8S2. The minimum absolute atomic E-state index is 0.0129. The van der Waals surface area contributed by atoms with E-state index in [9.17, 15) is 36.2 Å². The number of hydrazine groups is 1. The van der Waals surface area contributed by atoms with Crippen LogP contribution in [0.25, 0.3) is 16.3 Å². The fraction of sp³-hybridized carbons (Fsp3) is 0.179. The molecule has 43 heavy (non-hydrogen) atoms. The predicted molar refractivity (Wildman–Crippen MR) is 161 cm³/mol. The summed E-state index contributed by atoms with van der Waals surface area (Å²) in [5.41, 5.74) is 14.7. The predicted octanol–water partition coefficient (Wildman–Crippen LogP) is 3.99. The van der Waals surface area contributed by atoms with Gasteiger partial charge in [0.25, 0.3) is 20.2 Å². The average molecular weight is 628 g/mol. The van der Waals surface area contributed by atoms with Crippen LogP contribution in [0, 0.1) is 5.92 Å². The summed E-state index contributed by atoms with van der Waals surface area (Å²) in [6.45, 7) is 3.86. The van der Waals surface area contributed by atoms with Crippen molar-refractivity contribution in [3.63, 3.8) is 0 Å². The molecule has 1 unspecified atom stereocenters. The first-order valence-electron chi connectivity index (χ1n) is 12.9. The lowest BCUT2D eigenvalue weighted by molar-refractivity contribution is 0.127. The maximum Gasteiger partial charge on any atom is 0.296 e. The number of hydrogen-bond acceptors (Lipinski definition) is 10. The highest BCUT2D eigenvalue weighted by Gasteiger charge is 2.27. The number of nitrogens with one attached hydrogen (secondary N) is 2. The molecule has 0 aliphatic heterocycles. The van der Waals surface area contributed by atoms with Crippen molar-refractivity contribution in [2.75, 3.05) is 16.6 Å². The molecule has 5 aromatic rings. The Morgan fingerprint density at radius 2 is 1.65 bits per heavy atom. The van der Waals surface area contributed by atoms with Crippen LogP contribution in [0.1, 0.15) is 36.8 Å². The number of anilines is 3. The van der Waals surface area contributed by atoms with Gasteiger partial charge in [-0.2, -0.15) is 21.9 Å². The molecule has 226 valence electrons. The summed E-state index contributed by atoms with van der Waals surface area (Å²) in [6.07, 6.45) is 1.51. The average Bonchev–Trinajstić information content (AvgIpc) is 3.28. The van der Waals surface area contributed by atoms with E-state index in [4.69, 9.17) is 5.73 Å². The van der Waals surface area contributed by atoms with Gasteiger partial charge >= 0.3 is 0 Å². The highest BCUT2D eigenvalue weighted by molar-refractivity contribution is 7.87. The summed E-state index contributed by atoms with van der Waals surface area (Å²) in [4.78, 5) is -1.85. The number of nitrogens with two attached hydrogens (primary N) is 1. The Hall–Kier alpha value is -4.41. The topological polar surface area (TPSA) is 217 Å². The van der Waals surface area contributed by atoms with Crippen molar-refractivity contribution in [3.05, 3.63) is 83.7 Å². The molecule has 0 radical (unpaired) electrons. The molecular weight excluding hydrogens is 598 g/mol. The van der Waals surface area contributed by atoms with Gasteiger partial charge in [0, 0.05) is 23.6 Å². The molecule has 2 aromatic heterocycles. The summed E-state index contributed by atoms with van der Waals surface area (Å²) in [5.74, 6) is -0.666. The summed E-state index contributed by atoms with van der Waals surface area (Å²) >= 11 is 0. The van der Waals surface area contributed by atoms with Gasteiger partial charge in [-0.3, -0.25) is 14.5 Å². The van der Waals surface area contributed by atoms with Crippen molar-refractivity contribution in [1.29, 1.82) is 0 Å².